The number of anilines is 3. The molecular formula is C18H20N4. The van der Waals surface area contributed by atoms with Crippen LogP contribution < -0.4 is 10.6 Å². The van der Waals surface area contributed by atoms with Crippen molar-refractivity contribution in [3.8, 4) is 0 Å². The van der Waals surface area contributed by atoms with E-state index in [-0.39, 0.29) is 0 Å². The number of nitrogens with zero attached hydrogens (tertiary/aromatic N) is 2. The quantitative estimate of drug-likeness (QED) is 0.743. The molecule has 0 spiro atoms. The average molecular weight is 292 g/mol. The molecule has 0 bridgehead atoms. The van der Waals surface area contributed by atoms with E-state index in [0.29, 0.717) is 12.0 Å². The van der Waals surface area contributed by atoms with Gasteiger partial charge in [-0.3, -0.25) is 0 Å². The fourth-order valence-electron chi connectivity index (χ4n) is 2.35. The molecule has 0 amide bonds. The highest BCUT2D eigenvalue weighted by molar-refractivity contribution is 5.90. The summed E-state index contributed by atoms with van der Waals surface area (Å²) in [7, 11) is 0. The van der Waals surface area contributed by atoms with Crippen LogP contribution in [0.3, 0.4) is 0 Å². The topological polar surface area (TPSA) is 49.8 Å². The van der Waals surface area contributed by atoms with E-state index < -0.39 is 0 Å². The first-order valence-corrected chi connectivity index (χ1v) is 7.49. The molecule has 0 aliphatic heterocycles. The van der Waals surface area contributed by atoms with Gasteiger partial charge in [-0.2, -0.15) is 4.98 Å². The second kappa shape index (κ2) is 6.02. The Morgan fingerprint density at radius 1 is 0.909 bits per heavy atom. The van der Waals surface area contributed by atoms with Crippen molar-refractivity contribution in [3.05, 3.63) is 54.1 Å². The Morgan fingerprint density at radius 2 is 1.64 bits per heavy atom. The minimum Gasteiger partial charge on any atom is -0.367 e. The van der Waals surface area contributed by atoms with Gasteiger partial charge in [0.1, 0.15) is 5.82 Å². The van der Waals surface area contributed by atoms with Crippen LogP contribution >= 0.6 is 0 Å². The summed E-state index contributed by atoms with van der Waals surface area (Å²) in [4.78, 5) is 9.26. The highest BCUT2D eigenvalue weighted by atomic mass is 15.1. The minimum atomic E-state index is 0.310. The van der Waals surface area contributed by atoms with E-state index in [9.17, 15) is 0 Å². The van der Waals surface area contributed by atoms with Crippen LogP contribution in [0.1, 0.15) is 19.4 Å². The van der Waals surface area contributed by atoms with Crippen LogP contribution in [0.4, 0.5) is 17.5 Å². The third-order valence-electron chi connectivity index (χ3n) is 3.42. The number of aryl methyl sites for hydroxylation is 1. The molecule has 3 aromatic rings. The van der Waals surface area contributed by atoms with E-state index in [4.69, 9.17) is 0 Å². The van der Waals surface area contributed by atoms with Crippen molar-refractivity contribution in [2.45, 2.75) is 26.8 Å². The van der Waals surface area contributed by atoms with E-state index in [1.165, 1.54) is 0 Å². The highest BCUT2D eigenvalue weighted by Gasteiger charge is 2.09. The lowest BCUT2D eigenvalue weighted by molar-refractivity contribution is 0.891. The summed E-state index contributed by atoms with van der Waals surface area (Å²) in [6.45, 7) is 6.27. The van der Waals surface area contributed by atoms with Gasteiger partial charge < -0.3 is 10.6 Å². The molecule has 22 heavy (non-hydrogen) atoms. The molecule has 2 N–H and O–H groups in total. The zero-order chi connectivity index (χ0) is 15.5. The largest absolute Gasteiger partial charge is 0.367 e. The van der Waals surface area contributed by atoms with Crippen molar-refractivity contribution in [2.24, 2.45) is 0 Å². The third-order valence-corrected chi connectivity index (χ3v) is 3.42. The first-order chi connectivity index (χ1) is 10.6. The fraction of sp³-hybridized carbons (Fsp3) is 0.222. The molecule has 3 rings (SSSR count). The minimum absolute atomic E-state index is 0.310. The predicted molar refractivity (Wildman–Crippen MR) is 92.8 cm³/mol. The zero-order valence-electron chi connectivity index (χ0n) is 13.1. The van der Waals surface area contributed by atoms with Gasteiger partial charge in [-0.05, 0) is 44.5 Å². The number of aromatic nitrogens is 2. The summed E-state index contributed by atoms with van der Waals surface area (Å²) < 4.78 is 0. The number of benzene rings is 2. The molecule has 0 atom stereocenters. The summed E-state index contributed by atoms with van der Waals surface area (Å²) in [6.07, 6.45) is 0. The molecule has 0 saturated carbocycles. The van der Waals surface area contributed by atoms with Crippen molar-refractivity contribution < 1.29 is 0 Å². The molecule has 0 unspecified atom stereocenters. The average Bonchev–Trinajstić information content (AvgIpc) is 2.49. The van der Waals surface area contributed by atoms with Gasteiger partial charge in [0.15, 0.2) is 0 Å². The molecule has 4 heteroatoms. The molecule has 112 valence electrons. The molecule has 2 aromatic carbocycles. The Kier molecular flexibility index (Phi) is 3.92. The van der Waals surface area contributed by atoms with Gasteiger partial charge in [-0.15, -0.1) is 0 Å². The van der Waals surface area contributed by atoms with E-state index in [2.05, 4.69) is 47.4 Å². The maximum Gasteiger partial charge on any atom is 0.229 e. The molecule has 0 radical (unpaired) electrons. The van der Waals surface area contributed by atoms with Gasteiger partial charge in [0.25, 0.3) is 0 Å². The summed E-state index contributed by atoms with van der Waals surface area (Å²) >= 11 is 0. The summed E-state index contributed by atoms with van der Waals surface area (Å²) in [5.41, 5.74) is 3.11. The lowest BCUT2D eigenvalue weighted by Gasteiger charge is -2.14. The Morgan fingerprint density at radius 3 is 2.41 bits per heavy atom. The second-order valence-electron chi connectivity index (χ2n) is 5.65. The summed E-state index contributed by atoms with van der Waals surface area (Å²) in [6, 6.07) is 16.5. The zero-order valence-corrected chi connectivity index (χ0v) is 13.1. The third kappa shape index (κ3) is 3.01. The van der Waals surface area contributed by atoms with Crippen molar-refractivity contribution >= 4 is 28.4 Å². The SMILES string of the molecule is Cc1ccccc1Nc1nc(NC(C)C)c2ccccc2n1. The van der Waals surface area contributed by atoms with E-state index >= 15 is 0 Å². The molecular weight excluding hydrogens is 272 g/mol. The first kappa shape index (κ1) is 14.3. The van der Waals surface area contributed by atoms with Crippen LogP contribution in [0.15, 0.2) is 48.5 Å². The lowest BCUT2D eigenvalue weighted by atomic mass is 10.2. The standard InChI is InChI=1S/C18H20N4/c1-12(2)19-17-14-9-5-7-11-16(14)21-18(22-17)20-15-10-6-4-8-13(15)3/h4-12H,1-3H3,(H2,19,20,21,22). The van der Waals surface area contributed by atoms with Crippen LogP contribution in [-0.2, 0) is 0 Å². The molecule has 4 nitrogen and oxygen atoms in total. The van der Waals surface area contributed by atoms with Crippen molar-refractivity contribution in [1.29, 1.82) is 0 Å². The first-order valence-electron chi connectivity index (χ1n) is 7.49. The second-order valence-corrected chi connectivity index (χ2v) is 5.65. The Labute approximate surface area is 130 Å². The molecule has 1 heterocycles. The van der Waals surface area contributed by atoms with Crippen molar-refractivity contribution in [1.82, 2.24) is 9.97 Å². The van der Waals surface area contributed by atoms with Crippen LogP contribution in [0.25, 0.3) is 10.9 Å². The maximum absolute atomic E-state index is 4.64. The molecule has 0 aliphatic rings. The predicted octanol–water partition coefficient (Wildman–Crippen LogP) is 4.50. The van der Waals surface area contributed by atoms with E-state index in [1.54, 1.807) is 0 Å². The summed E-state index contributed by atoms with van der Waals surface area (Å²) in [5.74, 6) is 1.47. The maximum atomic E-state index is 4.64. The van der Waals surface area contributed by atoms with Gasteiger partial charge >= 0.3 is 0 Å². The summed E-state index contributed by atoms with van der Waals surface area (Å²) in [5, 5.41) is 7.75. The van der Waals surface area contributed by atoms with E-state index in [1.807, 2.05) is 42.5 Å². The van der Waals surface area contributed by atoms with Gasteiger partial charge in [0.05, 0.1) is 5.52 Å². The monoisotopic (exact) mass is 292 g/mol. The van der Waals surface area contributed by atoms with E-state index in [0.717, 1.165) is 28.0 Å². The van der Waals surface area contributed by atoms with Gasteiger partial charge in [-0.1, -0.05) is 30.3 Å². The molecule has 0 fully saturated rings. The van der Waals surface area contributed by atoms with Gasteiger partial charge in [0.2, 0.25) is 5.95 Å². The van der Waals surface area contributed by atoms with Crippen molar-refractivity contribution in [3.63, 3.8) is 0 Å². The fourth-order valence-corrected chi connectivity index (χ4v) is 2.35. The van der Waals surface area contributed by atoms with Gasteiger partial charge in [0, 0.05) is 17.1 Å². The molecule has 0 aliphatic carbocycles. The lowest BCUT2D eigenvalue weighted by Crippen LogP contribution is -2.12. The van der Waals surface area contributed by atoms with Crippen molar-refractivity contribution in [2.75, 3.05) is 10.6 Å². The number of rotatable bonds is 4. The van der Waals surface area contributed by atoms with Crippen LogP contribution in [-0.4, -0.2) is 16.0 Å². The van der Waals surface area contributed by atoms with Crippen LogP contribution in [0, 0.1) is 6.92 Å². The van der Waals surface area contributed by atoms with Gasteiger partial charge in [-0.25, -0.2) is 4.98 Å². The number of fused-ring (bicyclic) bond motifs is 1. The Hall–Kier alpha value is -2.62. The highest BCUT2D eigenvalue weighted by Crippen LogP contribution is 2.25. The number of hydrogen-bond donors (Lipinski definition) is 2. The smallest absolute Gasteiger partial charge is 0.229 e. The number of para-hydroxylation sites is 2. The van der Waals surface area contributed by atoms with Crippen LogP contribution in [0.2, 0.25) is 0 Å². The number of hydrogen-bond acceptors (Lipinski definition) is 4. The van der Waals surface area contributed by atoms with Crippen LogP contribution in [0.5, 0.6) is 0 Å². The molecule has 0 saturated heterocycles. The number of nitrogens with one attached hydrogen (secondary N) is 2. The Balaban J connectivity index is 2.05. The molecule has 1 aromatic heterocycles. The Bertz CT molecular complexity index is 796. The normalized spacial score (nSPS) is 10.9.